The Kier molecular flexibility index (Phi) is 12.7. The molecular formula is C34H46S4. The summed E-state index contributed by atoms with van der Waals surface area (Å²) in [7, 11) is 0. The van der Waals surface area contributed by atoms with Gasteiger partial charge in [-0.1, -0.05) is 78.6 Å². The van der Waals surface area contributed by atoms with E-state index < -0.39 is 0 Å². The Morgan fingerprint density at radius 2 is 1.16 bits per heavy atom. The van der Waals surface area contributed by atoms with Crippen LogP contribution in [0.15, 0.2) is 41.1 Å². The van der Waals surface area contributed by atoms with Crippen molar-refractivity contribution in [3.63, 3.8) is 0 Å². The van der Waals surface area contributed by atoms with Crippen molar-refractivity contribution < 1.29 is 0 Å². The number of hydrogen-bond acceptors (Lipinski definition) is 4. The Morgan fingerprint density at radius 3 is 1.87 bits per heavy atom. The first-order chi connectivity index (χ1) is 18.7. The minimum Gasteiger partial charge on any atom is -0.143 e. The summed E-state index contributed by atoms with van der Waals surface area (Å²) in [5, 5.41) is 4.70. The molecule has 0 nitrogen and oxygen atoms in total. The fourth-order valence-corrected chi connectivity index (χ4v) is 9.67. The normalized spacial score (nSPS) is 11.6. The molecule has 0 amide bonds. The highest BCUT2D eigenvalue weighted by Gasteiger charge is 2.18. The highest BCUT2D eigenvalue weighted by molar-refractivity contribution is 7.28. The quantitative estimate of drug-likeness (QED) is 0.102. The van der Waals surface area contributed by atoms with Crippen molar-refractivity contribution in [3.05, 3.63) is 57.8 Å². The van der Waals surface area contributed by atoms with Crippen LogP contribution in [0.2, 0.25) is 0 Å². The maximum absolute atomic E-state index is 2.55. The SMILES string of the molecule is CCCCCCc1csc(-c2ccc(-c3sc(-c4sccc4CCCCCC)cc3CCCCCC)s2)c1. The van der Waals surface area contributed by atoms with E-state index in [1.807, 2.05) is 45.3 Å². The first-order valence-corrected chi connectivity index (χ1v) is 18.5. The molecule has 0 spiro atoms. The van der Waals surface area contributed by atoms with Crippen LogP contribution < -0.4 is 0 Å². The van der Waals surface area contributed by atoms with E-state index in [0.29, 0.717) is 0 Å². The van der Waals surface area contributed by atoms with Gasteiger partial charge in [-0.25, -0.2) is 0 Å². The van der Waals surface area contributed by atoms with Crippen LogP contribution in [0, 0.1) is 0 Å². The van der Waals surface area contributed by atoms with E-state index >= 15 is 0 Å². The monoisotopic (exact) mass is 582 g/mol. The van der Waals surface area contributed by atoms with Crippen molar-refractivity contribution >= 4 is 45.3 Å². The molecule has 0 bridgehead atoms. The van der Waals surface area contributed by atoms with Crippen molar-refractivity contribution in [1.29, 1.82) is 0 Å². The summed E-state index contributed by atoms with van der Waals surface area (Å²) in [5.41, 5.74) is 4.66. The minimum absolute atomic E-state index is 1.21. The second-order valence-corrected chi connectivity index (χ2v) is 14.6. The molecule has 0 saturated carbocycles. The molecule has 0 aliphatic rings. The molecule has 0 atom stereocenters. The van der Waals surface area contributed by atoms with Gasteiger partial charge in [0.15, 0.2) is 0 Å². The predicted molar refractivity (Wildman–Crippen MR) is 178 cm³/mol. The van der Waals surface area contributed by atoms with E-state index in [2.05, 4.69) is 61.9 Å². The van der Waals surface area contributed by atoms with Gasteiger partial charge in [-0.15, -0.1) is 45.3 Å². The Balaban J connectivity index is 1.53. The van der Waals surface area contributed by atoms with E-state index in [1.54, 1.807) is 11.1 Å². The van der Waals surface area contributed by atoms with E-state index in [-0.39, 0.29) is 0 Å². The molecule has 4 aromatic heterocycles. The van der Waals surface area contributed by atoms with Crippen LogP contribution in [0.3, 0.4) is 0 Å². The van der Waals surface area contributed by atoms with Gasteiger partial charge >= 0.3 is 0 Å². The summed E-state index contributed by atoms with van der Waals surface area (Å²) < 4.78 is 0. The number of thiophene rings is 4. The summed E-state index contributed by atoms with van der Waals surface area (Å²) in [4.78, 5) is 8.88. The number of aryl methyl sites for hydroxylation is 3. The predicted octanol–water partition coefficient (Wildman–Crippen LogP) is 13.3. The summed E-state index contributed by atoms with van der Waals surface area (Å²) in [6.45, 7) is 6.90. The second kappa shape index (κ2) is 16.2. The number of hydrogen-bond donors (Lipinski definition) is 0. The van der Waals surface area contributed by atoms with Crippen molar-refractivity contribution in [2.24, 2.45) is 0 Å². The first-order valence-electron chi connectivity index (χ1n) is 15.1. The maximum atomic E-state index is 2.55. The van der Waals surface area contributed by atoms with Gasteiger partial charge in [-0.3, -0.25) is 0 Å². The third kappa shape index (κ3) is 8.40. The lowest BCUT2D eigenvalue weighted by atomic mass is 10.0. The Morgan fingerprint density at radius 1 is 0.500 bits per heavy atom. The van der Waals surface area contributed by atoms with E-state index in [9.17, 15) is 0 Å². The van der Waals surface area contributed by atoms with E-state index in [0.717, 1.165) is 0 Å². The molecular weight excluding hydrogens is 537 g/mol. The summed E-state index contributed by atoms with van der Waals surface area (Å²) in [6, 6.07) is 12.1. The van der Waals surface area contributed by atoms with Gasteiger partial charge in [0.2, 0.25) is 0 Å². The minimum atomic E-state index is 1.21. The number of rotatable bonds is 18. The van der Waals surface area contributed by atoms with Crippen LogP contribution in [0.5, 0.6) is 0 Å². The fraction of sp³-hybridized carbons (Fsp3) is 0.529. The highest BCUT2D eigenvalue weighted by atomic mass is 32.1. The van der Waals surface area contributed by atoms with Crippen molar-refractivity contribution in [1.82, 2.24) is 0 Å². The molecule has 0 saturated heterocycles. The van der Waals surface area contributed by atoms with Gasteiger partial charge in [-0.05, 0) is 96.3 Å². The highest BCUT2D eigenvalue weighted by Crippen LogP contribution is 2.46. The molecule has 0 aromatic carbocycles. The van der Waals surface area contributed by atoms with Crippen molar-refractivity contribution in [3.8, 4) is 29.3 Å². The Bertz CT molecular complexity index is 1200. The van der Waals surface area contributed by atoms with Crippen LogP contribution in [0.25, 0.3) is 29.3 Å². The van der Waals surface area contributed by atoms with Gasteiger partial charge < -0.3 is 0 Å². The van der Waals surface area contributed by atoms with Gasteiger partial charge in [0, 0.05) is 29.3 Å². The van der Waals surface area contributed by atoms with Crippen LogP contribution in [0.4, 0.5) is 0 Å². The van der Waals surface area contributed by atoms with Gasteiger partial charge in [0.1, 0.15) is 0 Å². The molecule has 0 aliphatic carbocycles. The zero-order valence-electron chi connectivity index (χ0n) is 23.8. The lowest BCUT2D eigenvalue weighted by Gasteiger charge is -2.02. The molecule has 206 valence electrons. The molecule has 0 radical (unpaired) electrons. The average molecular weight is 583 g/mol. The third-order valence-corrected chi connectivity index (χ3v) is 12.2. The lowest BCUT2D eigenvalue weighted by molar-refractivity contribution is 0.667. The molecule has 0 unspecified atom stereocenters. The summed E-state index contributed by atoms with van der Waals surface area (Å²) >= 11 is 7.92. The third-order valence-electron chi connectivity index (χ3n) is 7.42. The topological polar surface area (TPSA) is 0 Å². The van der Waals surface area contributed by atoms with Crippen LogP contribution in [-0.2, 0) is 19.3 Å². The largest absolute Gasteiger partial charge is 0.143 e. The van der Waals surface area contributed by atoms with Crippen molar-refractivity contribution in [2.75, 3.05) is 0 Å². The van der Waals surface area contributed by atoms with Crippen LogP contribution in [-0.4, -0.2) is 0 Å². The number of unbranched alkanes of at least 4 members (excludes halogenated alkanes) is 9. The first kappa shape index (κ1) is 29.8. The zero-order valence-corrected chi connectivity index (χ0v) is 27.0. The molecule has 4 heterocycles. The molecule has 0 fully saturated rings. The standard InChI is InChI=1S/C34H46S4/c1-4-7-10-13-16-26-23-31(36-25-26)29-19-20-30(37-29)34-28(18-15-12-9-6-3)24-32(38-34)33-27(21-22-35-33)17-14-11-8-5-2/h19-25H,4-18H2,1-3H3. The summed E-state index contributed by atoms with van der Waals surface area (Å²) in [6.07, 6.45) is 19.6. The molecule has 38 heavy (non-hydrogen) atoms. The molecule has 0 N–H and O–H groups in total. The smallest absolute Gasteiger partial charge is 0.0481 e. The molecule has 4 aromatic rings. The second-order valence-electron chi connectivity index (χ2n) is 10.7. The van der Waals surface area contributed by atoms with Crippen molar-refractivity contribution in [2.45, 2.75) is 117 Å². The Labute approximate surface area is 248 Å². The van der Waals surface area contributed by atoms with Gasteiger partial charge in [0.25, 0.3) is 0 Å². The average Bonchev–Trinajstić information content (AvgIpc) is 3.73. The zero-order chi connectivity index (χ0) is 26.6. The van der Waals surface area contributed by atoms with E-state index in [1.165, 1.54) is 131 Å². The van der Waals surface area contributed by atoms with Gasteiger partial charge in [-0.2, -0.15) is 0 Å². The maximum Gasteiger partial charge on any atom is 0.0481 e. The summed E-state index contributed by atoms with van der Waals surface area (Å²) in [5.74, 6) is 0. The fourth-order valence-electron chi connectivity index (χ4n) is 5.15. The molecule has 4 rings (SSSR count). The van der Waals surface area contributed by atoms with Crippen LogP contribution >= 0.6 is 45.3 Å². The van der Waals surface area contributed by atoms with Crippen LogP contribution in [0.1, 0.15) is 115 Å². The Hall–Kier alpha value is -1.20. The molecule has 4 heteroatoms. The lowest BCUT2D eigenvalue weighted by Crippen LogP contribution is -1.86. The van der Waals surface area contributed by atoms with Gasteiger partial charge in [0.05, 0.1) is 0 Å². The molecule has 0 aliphatic heterocycles. The van der Waals surface area contributed by atoms with E-state index in [4.69, 9.17) is 0 Å².